The van der Waals surface area contributed by atoms with Gasteiger partial charge < -0.3 is 16.0 Å². The van der Waals surface area contributed by atoms with Crippen LogP contribution in [0.1, 0.15) is 39.0 Å². The number of carbonyl (C=O) groups is 2. The van der Waals surface area contributed by atoms with Crippen LogP contribution in [0.3, 0.4) is 0 Å². The van der Waals surface area contributed by atoms with E-state index in [0.29, 0.717) is 6.42 Å². The molecule has 1 unspecified atom stereocenters. The van der Waals surface area contributed by atoms with E-state index in [4.69, 9.17) is 5.73 Å². The van der Waals surface area contributed by atoms with Gasteiger partial charge in [-0.3, -0.25) is 4.79 Å². The van der Waals surface area contributed by atoms with Crippen LogP contribution >= 0.6 is 0 Å². The summed E-state index contributed by atoms with van der Waals surface area (Å²) in [5.41, 5.74) is 5.23. The molecule has 5 heteroatoms. The van der Waals surface area contributed by atoms with Gasteiger partial charge in [-0.15, -0.1) is 0 Å². The number of hydrogen-bond acceptors (Lipinski definition) is 2. The van der Waals surface area contributed by atoms with E-state index in [1.807, 2.05) is 6.92 Å². The zero-order valence-corrected chi connectivity index (χ0v) is 9.87. The van der Waals surface area contributed by atoms with Crippen molar-refractivity contribution in [1.29, 1.82) is 0 Å². The van der Waals surface area contributed by atoms with Gasteiger partial charge in [-0.25, -0.2) is 4.79 Å². The minimum atomic E-state index is -0.528. The third kappa shape index (κ3) is 3.72. The van der Waals surface area contributed by atoms with Crippen molar-refractivity contribution in [1.82, 2.24) is 10.2 Å². The minimum absolute atomic E-state index is 0.156. The molecule has 1 aliphatic rings. The summed E-state index contributed by atoms with van der Waals surface area (Å²) >= 11 is 0. The van der Waals surface area contributed by atoms with Gasteiger partial charge in [-0.2, -0.15) is 0 Å². The Morgan fingerprint density at radius 3 is 2.44 bits per heavy atom. The summed E-state index contributed by atoms with van der Waals surface area (Å²) in [5, 5.41) is 2.70. The van der Waals surface area contributed by atoms with Gasteiger partial charge in [0, 0.05) is 13.1 Å². The number of piperidine rings is 1. The number of primary amides is 1. The predicted molar refractivity (Wildman–Crippen MR) is 61.8 cm³/mol. The number of amides is 3. The van der Waals surface area contributed by atoms with Crippen molar-refractivity contribution in [3.05, 3.63) is 0 Å². The molecule has 3 N–H and O–H groups in total. The largest absolute Gasteiger partial charge is 0.368 e. The van der Waals surface area contributed by atoms with Crippen LogP contribution in [0.25, 0.3) is 0 Å². The highest BCUT2D eigenvalue weighted by molar-refractivity contribution is 5.85. The number of nitrogens with two attached hydrogens (primary N) is 1. The fourth-order valence-corrected chi connectivity index (χ4v) is 1.91. The summed E-state index contributed by atoms with van der Waals surface area (Å²) < 4.78 is 0. The molecule has 1 fully saturated rings. The summed E-state index contributed by atoms with van der Waals surface area (Å²) in [6, 6.07) is -0.684. The summed E-state index contributed by atoms with van der Waals surface area (Å²) in [7, 11) is 0. The van der Waals surface area contributed by atoms with Crippen molar-refractivity contribution in [3.8, 4) is 0 Å². The zero-order chi connectivity index (χ0) is 12.0. The molecule has 0 spiro atoms. The molecule has 0 aromatic rings. The molecule has 0 bridgehead atoms. The van der Waals surface area contributed by atoms with Gasteiger partial charge in [0.15, 0.2) is 0 Å². The Morgan fingerprint density at radius 2 is 1.94 bits per heavy atom. The summed E-state index contributed by atoms with van der Waals surface area (Å²) in [6.07, 6.45) is 4.70. The Hall–Kier alpha value is -1.26. The molecule has 1 rings (SSSR count). The van der Waals surface area contributed by atoms with Crippen LogP contribution in [0.2, 0.25) is 0 Å². The van der Waals surface area contributed by atoms with Gasteiger partial charge in [-0.1, -0.05) is 13.3 Å². The Kier molecular flexibility index (Phi) is 5.08. The molecule has 1 heterocycles. The van der Waals surface area contributed by atoms with Gasteiger partial charge in [0.1, 0.15) is 6.04 Å². The molecule has 0 radical (unpaired) electrons. The van der Waals surface area contributed by atoms with E-state index in [-0.39, 0.29) is 6.03 Å². The maximum absolute atomic E-state index is 11.8. The molecule has 16 heavy (non-hydrogen) atoms. The fraction of sp³-hybridized carbons (Fsp3) is 0.818. The first kappa shape index (κ1) is 12.8. The summed E-state index contributed by atoms with van der Waals surface area (Å²) in [5.74, 6) is -0.452. The Labute approximate surface area is 96.4 Å². The van der Waals surface area contributed by atoms with Crippen LogP contribution < -0.4 is 11.1 Å². The second-order valence-electron chi connectivity index (χ2n) is 4.24. The number of nitrogens with one attached hydrogen (secondary N) is 1. The lowest BCUT2D eigenvalue weighted by molar-refractivity contribution is -0.120. The molecule has 0 aromatic heterocycles. The molecule has 3 amide bonds. The molecular weight excluding hydrogens is 206 g/mol. The molecule has 1 aliphatic heterocycles. The first-order valence-electron chi connectivity index (χ1n) is 6.00. The highest BCUT2D eigenvalue weighted by Gasteiger charge is 2.21. The zero-order valence-electron chi connectivity index (χ0n) is 9.87. The SMILES string of the molecule is CCCC(NC(=O)N1CCCCC1)C(N)=O. The van der Waals surface area contributed by atoms with E-state index >= 15 is 0 Å². The van der Waals surface area contributed by atoms with Gasteiger partial charge in [0.25, 0.3) is 0 Å². The van der Waals surface area contributed by atoms with Crippen LogP contribution in [0.5, 0.6) is 0 Å². The smallest absolute Gasteiger partial charge is 0.318 e. The number of rotatable bonds is 4. The number of hydrogen-bond donors (Lipinski definition) is 2. The molecule has 92 valence electrons. The van der Waals surface area contributed by atoms with E-state index in [1.54, 1.807) is 4.90 Å². The van der Waals surface area contributed by atoms with Crippen molar-refractivity contribution in [2.75, 3.05) is 13.1 Å². The van der Waals surface area contributed by atoms with Gasteiger partial charge in [-0.05, 0) is 25.7 Å². The topological polar surface area (TPSA) is 75.4 Å². The van der Waals surface area contributed by atoms with Crippen molar-refractivity contribution in [3.63, 3.8) is 0 Å². The van der Waals surface area contributed by atoms with E-state index in [2.05, 4.69) is 5.32 Å². The monoisotopic (exact) mass is 227 g/mol. The van der Waals surface area contributed by atoms with Crippen molar-refractivity contribution >= 4 is 11.9 Å². The number of nitrogens with zero attached hydrogens (tertiary/aromatic N) is 1. The van der Waals surface area contributed by atoms with Crippen molar-refractivity contribution in [2.24, 2.45) is 5.73 Å². The second kappa shape index (κ2) is 6.35. The van der Waals surface area contributed by atoms with E-state index in [9.17, 15) is 9.59 Å². The quantitative estimate of drug-likeness (QED) is 0.746. The van der Waals surface area contributed by atoms with Gasteiger partial charge in [0.2, 0.25) is 5.91 Å². The minimum Gasteiger partial charge on any atom is -0.368 e. The first-order valence-corrected chi connectivity index (χ1v) is 6.00. The highest BCUT2D eigenvalue weighted by atomic mass is 16.2. The maximum Gasteiger partial charge on any atom is 0.318 e. The Morgan fingerprint density at radius 1 is 1.31 bits per heavy atom. The van der Waals surface area contributed by atoms with Crippen molar-refractivity contribution < 1.29 is 9.59 Å². The van der Waals surface area contributed by atoms with Crippen molar-refractivity contribution in [2.45, 2.75) is 45.1 Å². The van der Waals surface area contributed by atoms with Crippen LogP contribution in [-0.2, 0) is 4.79 Å². The van der Waals surface area contributed by atoms with E-state index < -0.39 is 11.9 Å². The third-order valence-electron chi connectivity index (χ3n) is 2.86. The molecule has 0 aliphatic carbocycles. The van der Waals surface area contributed by atoms with E-state index in [0.717, 1.165) is 32.4 Å². The molecule has 0 saturated carbocycles. The summed E-state index contributed by atoms with van der Waals surface area (Å²) in [6.45, 7) is 3.52. The average molecular weight is 227 g/mol. The number of urea groups is 1. The molecule has 5 nitrogen and oxygen atoms in total. The highest BCUT2D eigenvalue weighted by Crippen LogP contribution is 2.09. The maximum atomic E-state index is 11.8. The Bertz CT molecular complexity index is 250. The Balaban J connectivity index is 2.43. The standard InChI is InChI=1S/C11H21N3O2/c1-2-6-9(10(12)15)13-11(16)14-7-4-3-5-8-14/h9H,2-8H2,1H3,(H2,12,15)(H,13,16). The van der Waals surface area contributed by atoms with Crippen LogP contribution in [0.15, 0.2) is 0 Å². The lowest BCUT2D eigenvalue weighted by Crippen LogP contribution is -2.51. The van der Waals surface area contributed by atoms with Gasteiger partial charge >= 0.3 is 6.03 Å². The second-order valence-corrected chi connectivity index (χ2v) is 4.24. The lowest BCUT2D eigenvalue weighted by atomic mass is 10.1. The van der Waals surface area contributed by atoms with Gasteiger partial charge in [0.05, 0.1) is 0 Å². The predicted octanol–water partition coefficient (Wildman–Crippen LogP) is 0.836. The van der Waals surface area contributed by atoms with Crippen LogP contribution in [0.4, 0.5) is 4.79 Å². The fourth-order valence-electron chi connectivity index (χ4n) is 1.91. The molecule has 0 aromatic carbocycles. The average Bonchev–Trinajstić information content (AvgIpc) is 2.29. The van der Waals surface area contributed by atoms with Crippen LogP contribution in [0, 0.1) is 0 Å². The van der Waals surface area contributed by atoms with E-state index in [1.165, 1.54) is 6.42 Å². The number of likely N-dealkylation sites (tertiary alicyclic amines) is 1. The molecular formula is C11H21N3O2. The first-order chi connectivity index (χ1) is 7.65. The summed E-state index contributed by atoms with van der Waals surface area (Å²) in [4.78, 5) is 24.7. The molecule has 1 atom stereocenters. The number of carbonyl (C=O) groups excluding carboxylic acids is 2. The van der Waals surface area contributed by atoms with Crippen LogP contribution in [-0.4, -0.2) is 36.0 Å². The lowest BCUT2D eigenvalue weighted by Gasteiger charge is -2.28. The third-order valence-corrected chi connectivity index (χ3v) is 2.86. The molecule has 1 saturated heterocycles. The normalized spacial score (nSPS) is 17.9.